The zero-order valence-electron chi connectivity index (χ0n) is 27.1. The molecule has 1 aromatic carbocycles. The average Bonchev–Trinajstić information content (AvgIpc) is 3.80. The molecule has 0 saturated carbocycles. The van der Waals surface area contributed by atoms with E-state index in [1.807, 2.05) is 0 Å². The molecule has 22 heteroatoms. The number of amides is 1. The topological polar surface area (TPSA) is 270 Å². The number of carbonyl (C=O) groups is 1. The number of nitrogens with zero attached hydrogens (tertiary/aromatic N) is 4. The number of phosphoric acid groups is 2. The first-order valence-corrected chi connectivity index (χ1v) is 18.4. The fraction of sp³-hybridized carbons (Fsp3) is 0.571. The molecule has 272 valence electrons. The molecule has 2 aromatic heterocycles. The van der Waals surface area contributed by atoms with Gasteiger partial charge < -0.3 is 49.7 Å². The van der Waals surface area contributed by atoms with Crippen LogP contribution in [0.2, 0.25) is 0 Å². The van der Waals surface area contributed by atoms with E-state index < -0.39 is 95.3 Å². The maximum Gasteiger partial charge on any atom is 0.481 e. The Morgan fingerprint density at radius 1 is 0.900 bits per heavy atom. The Bertz CT molecular complexity index is 1890. The highest BCUT2D eigenvalue weighted by molar-refractivity contribution is 7.61. The maximum atomic E-state index is 12.9. The second kappa shape index (κ2) is 12.6. The van der Waals surface area contributed by atoms with Crippen molar-refractivity contribution in [2.45, 2.75) is 88.2 Å². The molecule has 4 aliphatic rings. The summed E-state index contributed by atoms with van der Waals surface area (Å²) in [5, 5.41) is 0. The number of carbonyl (C=O) groups excluding carboxylic acids is 1. The molecule has 0 spiro atoms. The number of rotatable bonds is 11. The predicted octanol–water partition coefficient (Wildman–Crippen LogP) is 1.84. The summed E-state index contributed by atoms with van der Waals surface area (Å²) in [6.07, 6.45) is -3.94. The lowest BCUT2D eigenvalue weighted by Gasteiger charge is -2.25. The van der Waals surface area contributed by atoms with Gasteiger partial charge in [-0.25, -0.2) is 24.1 Å². The summed E-state index contributed by atoms with van der Waals surface area (Å²) in [6, 6.07) is 6.42. The lowest BCUT2D eigenvalue weighted by molar-refractivity contribution is -0.199. The van der Waals surface area contributed by atoms with Crippen molar-refractivity contribution in [1.29, 1.82) is 0 Å². The van der Waals surface area contributed by atoms with Crippen molar-refractivity contribution < 1.29 is 65.5 Å². The Morgan fingerprint density at radius 3 is 2.16 bits per heavy atom. The van der Waals surface area contributed by atoms with Crippen molar-refractivity contribution in [3.63, 3.8) is 0 Å². The predicted molar refractivity (Wildman–Crippen MR) is 167 cm³/mol. The van der Waals surface area contributed by atoms with Crippen molar-refractivity contribution in [2.75, 3.05) is 18.9 Å². The van der Waals surface area contributed by atoms with Crippen LogP contribution in [0.1, 0.15) is 55.9 Å². The molecule has 4 saturated heterocycles. The van der Waals surface area contributed by atoms with E-state index in [9.17, 15) is 23.7 Å². The smallest absolute Gasteiger partial charge is 0.382 e. The van der Waals surface area contributed by atoms with E-state index in [4.69, 9.17) is 48.9 Å². The first kappa shape index (κ1) is 35.5. The maximum absolute atomic E-state index is 12.9. The molecule has 0 aliphatic carbocycles. The Balaban J connectivity index is 0.998. The summed E-state index contributed by atoms with van der Waals surface area (Å²) in [5.74, 6) is -2.58. The van der Waals surface area contributed by atoms with Gasteiger partial charge in [-0.3, -0.25) is 18.4 Å². The molecule has 6 N–H and O–H groups in total. The fourth-order valence-corrected chi connectivity index (χ4v) is 8.63. The van der Waals surface area contributed by atoms with Crippen molar-refractivity contribution in [2.24, 2.45) is 5.73 Å². The van der Waals surface area contributed by atoms with Gasteiger partial charge in [0.05, 0.1) is 19.5 Å². The molecular formula is C28H36N6O14P2. The first-order chi connectivity index (χ1) is 23.4. The van der Waals surface area contributed by atoms with Gasteiger partial charge in [0.2, 0.25) is 5.91 Å². The van der Waals surface area contributed by atoms with E-state index in [-0.39, 0.29) is 11.4 Å². The highest BCUT2D eigenvalue weighted by Crippen LogP contribution is 2.61. The van der Waals surface area contributed by atoms with E-state index in [2.05, 4.69) is 19.3 Å². The fourth-order valence-electron chi connectivity index (χ4n) is 6.54. The number of nitrogens with two attached hydrogens (primary N) is 2. The summed E-state index contributed by atoms with van der Waals surface area (Å²) >= 11 is 0. The Kier molecular flexibility index (Phi) is 8.96. The third kappa shape index (κ3) is 6.97. The van der Waals surface area contributed by atoms with Gasteiger partial charge in [0.15, 0.2) is 29.3 Å². The molecule has 1 amide bonds. The highest BCUT2D eigenvalue weighted by atomic mass is 31.3. The van der Waals surface area contributed by atoms with Crippen LogP contribution in [-0.2, 0) is 50.9 Å². The molecule has 10 atom stereocenters. The van der Waals surface area contributed by atoms with Gasteiger partial charge in [-0.05, 0) is 45.4 Å². The summed E-state index contributed by atoms with van der Waals surface area (Å²) in [6.45, 7) is 5.52. The van der Waals surface area contributed by atoms with Gasteiger partial charge in [-0.2, -0.15) is 4.31 Å². The number of hydrogen-bond acceptors (Lipinski definition) is 16. The van der Waals surface area contributed by atoms with Gasteiger partial charge >= 0.3 is 15.6 Å². The molecule has 7 rings (SSSR count). The molecule has 0 bridgehead atoms. The van der Waals surface area contributed by atoms with Crippen molar-refractivity contribution in [1.82, 2.24) is 19.5 Å². The zero-order valence-corrected chi connectivity index (χ0v) is 28.9. The number of primary amides is 1. The lowest BCUT2D eigenvalue weighted by Crippen LogP contribution is -2.33. The monoisotopic (exact) mass is 742 g/mol. The van der Waals surface area contributed by atoms with E-state index in [1.54, 1.807) is 56.5 Å². The lowest BCUT2D eigenvalue weighted by atomic mass is 10.00. The van der Waals surface area contributed by atoms with Crippen LogP contribution in [0, 0.1) is 0 Å². The number of ether oxygens (including phenoxy) is 6. The second-order valence-electron chi connectivity index (χ2n) is 13.0. The quantitative estimate of drug-likeness (QED) is 0.204. The van der Waals surface area contributed by atoms with E-state index >= 15 is 0 Å². The van der Waals surface area contributed by atoms with Crippen LogP contribution in [0.4, 0.5) is 5.82 Å². The van der Waals surface area contributed by atoms with Crippen LogP contribution in [-0.4, -0.2) is 96.6 Å². The molecule has 20 nitrogen and oxygen atoms in total. The van der Waals surface area contributed by atoms with E-state index in [1.165, 1.54) is 12.7 Å². The zero-order chi connectivity index (χ0) is 35.8. The molecule has 2 unspecified atom stereocenters. The number of benzene rings is 1. The van der Waals surface area contributed by atoms with Gasteiger partial charge in [-0.15, -0.1) is 0 Å². The number of phosphoric ester groups is 2. The molecular weight excluding hydrogens is 706 g/mol. The average molecular weight is 743 g/mol. The van der Waals surface area contributed by atoms with Gasteiger partial charge in [0.1, 0.15) is 54.6 Å². The summed E-state index contributed by atoms with van der Waals surface area (Å²) in [4.78, 5) is 45.1. The molecule has 4 aliphatic heterocycles. The van der Waals surface area contributed by atoms with Gasteiger partial charge in [-0.1, -0.05) is 12.1 Å². The Labute approximate surface area is 284 Å². The minimum absolute atomic E-state index is 0.156. The molecule has 3 aromatic rings. The minimum Gasteiger partial charge on any atom is -0.382 e. The Morgan fingerprint density at radius 2 is 1.50 bits per heavy atom. The summed E-state index contributed by atoms with van der Waals surface area (Å²) in [5.41, 5.74) is 12.8. The van der Waals surface area contributed by atoms with Crippen LogP contribution < -0.4 is 11.5 Å². The SMILES string of the molecule is CC1(C)O[C@@H]2[C@H](O1)[C@@H](COP(=O)(O)OP(=O)(O)OC[C@H]1O[C@@H](c3cccc(C(N)=O)c3)[C@@H]3OC(C)(C)O[C@@H]31)O[C@H]2n1cnc2c(N)ncnc21. The van der Waals surface area contributed by atoms with E-state index in [0.717, 1.165) is 0 Å². The van der Waals surface area contributed by atoms with Crippen molar-refractivity contribution in [3.05, 3.63) is 48.0 Å². The number of hydrogen-bond donors (Lipinski definition) is 4. The van der Waals surface area contributed by atoms with E-state index in [0.29, 0.717) is 16.7 Å². The van der Waals surface area contributed by atoms with Gasteiger partial charge in [0, 0.05) is 5.56 Å². The summed E-state index contributed by atoms with van der Waals surface area (Å²) in [7, 11) is -10.5. The number of nitrogen functional groups attached to an aromatic ring is 1. The number of aromatic nitrogens is 4. The van der Waals surface area contributed by atoms with Crippen LogP contribution in [0.25, 0.3) is 11.2 Å². The third-order valence-corrected chi connectivity index (χ3v) is 11.0. The van der Waals surface area contributed by atoms with Crippen molar-refractivity contribution in [3.8, 4) is 0 Å². The van der Waals surface area contributed by atoms with Crippen LogP contribution in [0.3, 0.4) is 0 Å². The largest absolute Gasteiger partial charge is 0.481 e. The number of imidazole rings is 1. The van der Waals surface area contributed by atoms with Gasteiger partial charge in [0.25, 0.3) is 0 Å². The molecule has 50 heavy (non-hydrogen) atoms. The van der Waals surface area contributed by atoms with Crippen LogP contribution in [0.15, 0.2) is 36.9 Å². The molecule has 6 heterocycles. The molecule has 4 fully saturated rings. The normalized spacial score (nSPS) is 33.6. The highest BCUT2D eigenvalue weighted by Gasteiger charge is 2.58. The number of fused-ring (bicyclic) bond motifs is 3. The third-order valence-electron chi connectivity index (χ3n) is 8.45. The van der Waals surface area contributed by atoms with Crippen molar-refractivity contribution >= 4 is 38.5 Å². The van der Waals surface area contributed by atoms with Crippen LogP contribution in [0.5, 0.6) is 0 Å². The minimum atomic E-state index is -5.25. The Hall–Kier alpha value is -2.94. The number of anilines is 1. The molecule has 0 radical (unpaired) electrons. The summed E-state index contributed by atoms with van der Waals surface area (Å²) < 4.78 is 78.4. The second-order valence-corrected chi connectivity index (χ2v) is 16.0. The first-order valence-electron chi connectivity index (χ1n) is 15.4. The van der Waals surface area contributed by atoms with Crippen LogP contribution >= 0.6 is 15.6 Å². The standard InChI is InChI=1S/C28H36N6O14P2/c1-27(2)44-19-15(42-18(21(19)46-27)13-6-5-7-14(8-13)24(30)35)9-40-49(36,37)48-50(38,39)41-10-16-20-22(47-28(3,4)45-20)26(43-16)34-12-33-17-23(29)31-11-32-25(17)34/h5-8,11-12,15-16,18-22,26H,9-10H2,1-4H3,(H2,30,35)(H,36,37)(H,38,39)(H2,29,31,32)/t15-,16-,18+,19-,20-,21+,22-,26-/m1/s1.